The van der Waals surface area contributed by atoms with Gasteiger partial charge < -0.3 is 20.3 Å². The molecule has 0 bridgehead atoms. The van der Waals surface area contributed by atoms with Crippen LogP contribution in [0.3, 0.4) is 0 Å². The maximum Gasteiger partial charge on any atom is 0.317 e. The highest BCUT2D eigenvalue weighted by atomic mass is 16.5. The highest BCUT2D eigenvalue weighted by Gasteiger charge is 2.21. The Hall–Kier alpha value is -1.34. The van der Waals surface area contributed by atoms with Crippen molar-refractivity contribution in [3.8, 4) is 0 Å². The average Bonchev–Trinajstić information content (AvgIpc) is 2.51. The van der Waals surface area contributed by atoms with Gasteiger partial charge in [-0.25, -0.2) is 4.79 Å². The molecule has 3 amide bonds. The van der Waals surface area contributed by atoms with Crippen molar-refractivity contribution in [3.63, 3.8) is 0 Å². The van der Waals surface area contributed by atoms with E-state index in [0.29, 0.717) is 45.2 Å². The Morgan fingerprint density at radius 2 is 1.83 bits per heavy atom. The van der Waals surface area contributed by atoms with Crippen LogP contribution < -0.4 is 10.6 Å². The monoisotopic (exact) mass is 328 g/mol. The van der Waals surface area contributed by atoms with Gasteiger partial charge in [-0.15, -0.1) is 0 Å². The zero-order valence-corrected chi connectivity index (χ0v) is 14.8. The summed E-state index contributed by atoms with van der Waals surface area (Å²) < 4.78 is 5.48. The molecule has 23 heavy (non-hydrogen) atoms. The number of ether oxygens (including phenoxy) is 1. The first kappa shape index (κ1) is 19.7. The third kappa shape index (κ3) is 8.76. The minimum absolute atomic E-state index is 0.0217. The predicted octanol–water partition coefficient (Wildman–Crippen LogP) is 0.512. The fourth-order valence-corrected chi connectivity index (χ4v) is 2.37. The number of nitrogens with one attached hydrogen (secondary N) is 2. The Balaban J connectivity index is 2.09. The van der Waals surface area contributed by atoms with E-state index in [9.17, 15) is 9.59 Å². The zero-order chi connectivity index (χ0) is 17.1. The number of rotatable bonds is 9. The van der Waals surface area contributed by atoms with Crippen LogP contribution in [0.4, 0.5) is 4.79 Å². The lowest BCUT2D eigenvalue weighted by Crippen LogP contribution is -2.53. The second kappa shape index (κ2) is 11.2. The Kier molecular flexibility index (Phi) is 9.63. The predicted molar refractivity (Wildman–Crippen MR) is 90.4 cm³/mol. The molecule has 0 saturated carbocycles. The number of hydrogen-bond acceptors (Lipinski definition) is 4. The summed E-state index contributed by atoms with van der Waals surface area (Å²) in [6.45, 7) is 12.1. The van der Waals surface area contributed by atoms with Crippen LogP contribution in [0.5, 0.6) is 0 Å². The van der Waals surface area contributed by atoms with Gasteiger partial charge in [-0.05, 0) is 19.3 Å². The lowest BCUT2D eigenvalue weighted by molar-refractivity contribution is -0.122. The molecule has 1 aliphatic rings. The Labute approximate surface area is 139 Å². The minimum Gasteiger partial charge on any atom is -0.381 e. The number of hydrogen-bond donors (Lipinski definition) is 2. The lowest BCUT2D eigenvalue weighted by atomic mass is 10.2. The van der Waals surface area contributed by atoms with Crippen LogP contribution >= 0.6 is 0 Å². The second-order valence-electron chi connectivity index (χ2n) is 6.27. The summed E-state index contributed by atoms with van der Waals surface area (Å²) in [5.41, 5.74) is 0. The standard InChI is InChI=1S/C16H32N4O3/c1-4-17-15(21)12-19-7-9-20(10-8-19)16(22)18-6-5-11-23-13-14(2)3/h14H,4-13H2,1-3H3,(H,17,21)(H,18,22). The van der Waals surface area contributed by atoms with Crippen molar-refractivity contribution in [1.29, 1.82) is 0 Å². The van der Waals surface area contributed by atoms with Crippen molar-refractivity contribution >= 4 is 11.9 Å². The van der Waals surface area contributed by atoms with E-state index in [0.717, 1.165) is 26.1 Å². The summed E-state index contributed by atoms with van der Waals surface area (Å²) in [4.78, 5) is 27.5. The molecule has 0 atom stereocenters. The van der Waals surface area contributed by atoms with Gasteiger partial charge in [-0.3, -0.25) is 9.69 Å². The molecule has 0 radical (unpaired) electrons. The fraction of sp³-hybridized carbons (Fsp3) is 0.875. The molecule has 0 aromatic carbocycles. The van der Waals surface area contributed by atoms with E-state index >= 15 is 0 Å². The van der Waals surface area contributed by atoms with Gasteiger partial charge in [0, 0.05) is 52.5 Å². The molecule has 0 spiro atoms. The van der Waals surface area contributed by atoms with Gasteiger partial charge in [-0.2, -0.15) is 0 Å². The third-order valence-electron chi connectivity index (χ3n) is 3.59. The summed E-state index contributed by atoms with van der Waals surface area (Å²) in [6.07, 6.45) is 0.829. The highest BCUT2D eigenvalue weighted by molar-refractivity contribution is 5.78. The molecule has 2 N–H and O–H groups in total. The Morgan fingerprint density at radius 3 is 2.43 bits per heavy atom. The van der Waals surface area contributed by atoms with E-state index in [1.807, 2.05) is 11.8 Å². The van der Waals surface area contributed by atoms with E-state index in [-0.39, 0.29) is 11.9 Å². The van der Waals surface area contributed by atoms with Crippen LogP contribution in [0.25, 0.3) is 0 Å². The second-order valence-corrected chi connectivity index (χ2v) is 6.27. The number of amides is 3. The molecule has 1 fully saturated rings. The molecule has 1 aliphatic heterocycles. The van der Waals surface area contributed by atoms with Gasteiger partial charge >= 0.3 is 6.03 Å². The number of likely N-dealkylation sites (N-methyl/N-ethyl adjacent to an activating group) is 1. The van der Waals surface area contributed by atoms with E-state index in [2.05, 4.69) is 29.4 Å². The van der Waals surface area contributed by atoms with Crippen molar-refractivity contribution in [3.05, 3.63) is 0 Å². The van der Waals surface area contributed by atoms with Gasteiger partial charge in [0.15, 0.2) is 0 Å². The normalized spacial score (nSPS) is 15.7. The quantitative estimate of drug-likeness (QED) is 0.605. The molecule has 1 heterocycles. The highest BCUT2D eigenvalue weighted by Crippen LogP contribution is 2.02. The summed E-state index contributed by atoms with van der Waals surface area (Å²) in [6, 6.07) is -0.0217. The SMILES string of the molecule is CCNC(=O)CN1CCN(C(=O)NCCCOCC(C)C)CC1. The molecule has 7 heteroatoms. The lowest BCUT2D eigenvalue weighted by Gasteiger charge is -2.34. The molecule has 134 valence electrons. The van der Waals surface area contributed by atoms with Crippen molar-refractivity contribution in [1.82, 2.24) is 20.4 Å². The summed E-state index contributed by atoms with van der Waals surface area (Å²) in [5.74, 6) is 0.590. The summed E-state index contributed by atoms with van der Waals surface area (Å²) in [5, 5.41) is 5.72. The van der Waals surface area contributed by atoms with Crippen molar-refractivity contribution < 1.29 is 14.3 Å². The molecule has 0 aromatic rings. The average molecular weight is 328 g/mol. The van der Waals surface area contributed by atoms with E-state index < -0.39 is 0 Å². The molecule has 7 nitrogen and oxygen atoms in total. The Morgan fingerprint density at radius 1 is 1.13 bits per heavy atom. The van der Waals surface area contributed by atoms with Crippen LogP contribution in [0, 0.1) is 5.92 Å². The van der Waals surface area contributed by atoms with E-state index in [4.69, 9.17) is 4.74 Å². The topological polar surface area (TPSA) is 73.9 Å². The molecule has 1 saturated heterocycles. The van der Waals surface area contributed by atoms with E-state index in [1.165, 1.54) is 0 Å². The van der Waals surface area contributed by atoms with Gasteiger partial charge in [0.05, 0.1) is 6.54 Å². The van der Waals surface area contributed by atoms with Gasteiger partial charge in [0.2, 0.25) is 5.91 Å². The molecule has 1 rings (SSSR count). The number of nitrogens with zero attached hydrogens (tertiary/aromatic N) is 2. The van der Waals surface area contributed by atoms with Crippen molar-refractivity contribution in [2.45, 2.75) is 27.2 Å². The zero-order valence-electron chi connectivity index (χ0n) is 14.8. The molecule has 0 unspecified atom stereocenters. The first-order chi connectivity index (χ1) is 11.0. The van der Waals surface area contributed by atoms with Crippen LogP contribution in [-0.2, 0) is 9.53 Å². The number of urea groups is 1. The number of carbonyl (C=O) groups is 2. The Bertz CT molecular complexity index is 355. The van der Waals surface area contributed by atoms with Gasteiger partial charge in [-0.1, -0.05) is 13.8 Å². The fourth-order valence-electron chi connectivity index (χ4n) is 2.37. The number of piperazine rings is 1. The van der Waals surface area contributed by atoms with Crippen LogP contribution in [0.2, 0.25) is 0 Å². The van der Waals surface area contributed by atoms with Crippen molar-refractivity contribution in [2.24, 2.45) is 5.92 Å². The molecule has 0 aliphatic carbocycles. The summed E-state index contributed by atoms with van der Waals surface area (Å²) >= 11 is 0. The van der Waals surface area contributed by atoms with Gasteiger partial charge in [0.25, 0.3) is 0 Å². The molecular formula is C16H32N4O3. The molecular weight excluding hydrogens is 296 g/mol. The van der Waals surface area contributed by atoms with Crippen molar-refractivity contribution in [2.75, 3.05) is 59.0 Å². The van der Waals surface area contributed by atoms with E-state index in [1.54, 1.807) is 0 Å². The van der Waals surface area contributed by atoms with Crippen LogP contribution in [0.15, 0.2) is 0 Å². The minimum atomic E-state index is -0.0217. The smallest absolute Gasteiger partial charge is 0.317 e. The van der Waals surface area contributed by atoms with Gasteiger partial charge in [0.1, 0.15) is 0 Å². The largest absolute Gasteiger partial charge is 0.381 e. The number of carbonyl (C=O) groups excluding carboxylic acids is 2. The first-order valence-electron chi connectivity index (χ1n) is 8.62. The summed E-state index contributed by atoms with van der Waals surface area (Å²) in [7, 11) is 0. The maximum absolute atomic E-state index is 12.0. The first-order valence-corrected chi connectivity index (χ1v) is 8.62. The maximum atomic E-state index is 12.0. The molecule has 0 aromatic heterocycles. The van der Waals surface area contributed by atoms with Crippen LogP contribution in [-0.4, -0.2) is 80.8 Å². The third-order valence-corrected chi connectivity index (χ3v) is 3.59. The van der Waals surface area contributed by atoms with Crippen LogP contribution in [0.1, 0.15) is 27.2 Å².